The summed E-state index contributed by atoms with van der Waals surface area (Å²) < 4.78 is 15.6. The fraction of sp³-hybridized carbons (Fsp3) is 0.818. The van der Waals surface area contributed by atoms with Crippen molar-refractivity contribution in [2.75, 3.05) is 26.4 Å². The van der Waals surface area contributed by atoms with E-state index in [9.17, 15) is 19.2 Å². The standard InChI is InChI=1S/C22H38O7/c1-15(19(5)23)7-9-17(3)21(25)28-13-11-27-12-14-29-22(26)18(4)10-8-16(2)20(6)24/h15-18H,7-14H2,1-6H3. The molecule has 7 heteroatoms. The smallest absolute Gasteiger partial charge is 0.308 e. The Bertz CT molecular complexity index is 483. The molecule has 0 heterocycles. The van der Waals surface area contributed by atoms with E-state index < -0.39 is 0 Å². The summed E-state index contributed by atoms with van der Waals surface area (Å²) >= 11 is 0. The Labute approximate surface area is 174 Å². The van der Waals surface area contributed by atoms with Crippen LogP contribution in [0.2, 0.25) is 0 Å². The number of carbonyl (C=O) groups excluding carboxylic acids is 4. The molecule has 0 aliphatic heterocycles. The van der Waals surface area contributed by atoms with Gasteiger partial charge in [0.2, 0.25) is 0 Å². The lowest BCUT2D eigenvalue weighted by Gasteiger charge is -2.14. The number of ketones is 2. The first-order chi connectivity index (χ1) is 13.6. The normalized spacial score (nSPS) is 15.1. The summed E-state index contributed by atoms with van der Waals surface area (Å²) in [5.74, 6) is -0.962. The fourth-order valence-corrected chi connectivity index (χ4v) is 2.43. The van der Waals surface area contributed by atoms with E-state index >= 15 is 0 Å². The van der Waals surface area contributed by atoms with E-state index in [2.05, 4.69) is 0 Å². The second-order valence-corrected chi connectivity index (χ2v) is 7.93. The van der Waals surface area contributed by atoms with Crippen LogP contribution in [0.5, 0.6) is 0 Å². The van der Waals surface area contributed by atoms with Gasteiger partial charge in [0.25, 0.3) is 0 Å². The fourth-order valence-electron chi connectivity index (χ4n) is 2.43. The second kappa shape index (κ2) is 15.1. The minimum Gasteiger partial charge on any atom is -0.463 e. The SMILES string of the molecule is CC(=O)C(C)CCC(C)C(=O)OCCOCCOC(=O)C(C)CCC(C)C(C)=O. The molecule has 7 nitrogen and oxygen atoms in total. The summed E-state index contributed by atoms with van der Waals surface area (Å²) in [6.07, 6.45) is 2.55. The Hall–Kier alpha value is -1.76. The van der Waals surface area contributed by atoms with E-state index in [4.69, 9.17) is 14.2 Å². The molecule has 4 atom stereocenters. The van der Waals surface area contributed by atoms with Crippen LogP contribution in [0.4, 0.5) is 0 Å². The molecule has 0 aromatic rings. The highest BCUT2D eigenvalue weighted by Crippen LogP contribution is 2.15. The van der Waals surface area contributed by atoms with Crippen molar-refractivity contribution in [3.05, 3.63) is 0 Å². The van der Waals surface area contributed by atoms with Gasteiger partial charge in [-0.15, -0.1) is 0 Å². The molecular formula is C22H38O7. The average Bonchev–Trinajstić information content (AvgIpc) is 2.67. The van der Waals surface area contributed by atoms with E-state index in [1.165, 1.54) is 0 Å². The lowest BCUT2D eigenvalue weighted by molar-refractivity contribution is -0.151. The molecule has 0 aliphatic carbocycles. The highest BCUT2D eigenvalue weighted by Gasteiger charge is 2.18. The van der Waals surface area contributed by atoms with Gasteiger partial charge in [-0.2, -0.15) is 0 Å². The third-order valence-corrected chi connectivity index (χ3v) is 5.20. The lowest BCUT2D eigenvalue weighted by Crippen LogP contribution is -2.21. The van der Waals surface area contributed by atoms with Crippen molar-refractivity contribution >= 4 is 23.5 Å². The predicted molar refractivity (Wildman–Crippen MR) is 109 cm³/mol. The van der Waals surface area contributed by atoms with Crippen molar-refractivity contribution in [2.45, 2.75) is 67.2 Å². The lowest BCUT2D eigenvalue weighted by atomic mass is 9.96. The molecule has 0 amide bonds. The topological polar surface area (TPSA) is 96.0 Å². The van der Waals surface area contributed by atoms with Gasteiger partial charge < -0.3 is 14.2 Å². The van der Waals surface area contributed by atoms with Gasteiger partial charge in [-0.3, -0.25) is 19.2 Å². The third-order valence-electron chi connectivity index (χ3n) is 5.20. The zero-order chi connectivity index (χ0) is 22.4. The van der Waals surface area contributed by atoms with Crippen molar-refractivity contribution in [1.82, 2.24) is 0 Å². The summed E-state index contributed by atoms with van der Waals surface area (Å²) in [5.41, 5.74) is 0. The van der Waals surface area contributed by atoms with Crippen molar-refractivity contribution in [2.24, 2.45) is 23.7 Å². The highest BCUT2D eigenvalue weighted by atomic mass is 16.6. The molecule has 0 saturated heterocycles. The average molecular weight is 415 g/mol. The molecule has 0 fully saturated rings. The molecule has 168 valence electrons. The molecular weight excluding hydrogens is 376 g/mol. The maximum absolute atomic E-state index is 11.9. The van der Waals surface area contributed by atoms with Gasteiger partial charge in [-0.25, -0.2) is 0 Å². The molecule has 0 saturated carbocycles. The van der Waals surface area contributed by atoms with Crippen LogP contribution in [0.15, 0.2) is 0 Å². The van der Waals surface area contributed by atoms with Crippen molar-refractivity contribution in [3.63, 3.8) is 0 Å². The molecule has 4 unspecified atom stereocenters. The predicted octanol–water partition coefficient (Wildman–Crippen LogP) is 3.37. The summed E-state index contributed by atoms with van der Waals surface area (Å²) in [4.78, 5) is 46.2. The Morgan fingerprint density at radius 1 is 0.552 bits per heavy atom. The molecule has 0 radical (unpaired) electrons. The molecule has 0 aromatic carbocycles. The van der Waals surface area contributed by atoms with Gasteiger partial charge >= 0.3 is 11.9 Å². The van der Waals surface area contributed by atoms with Crippen LogP contribution in [0, 0.1) is 23.7 Å². The monoisotopic (exact) mass is 414 g/mol. The number of carbonyl (C=O) groups is 4. The van der Waals surface area contributed by atoms with Crippen LogP contribution in [0.1, 0.15) is 67.2 Å². The number of hydrogen-bond acceptors (Lipinski definition) is 7. The third kappa shape index (κ3) is 13.2. The summed E-state index contributed by atoms with van der Waals surface area (Å²) in [6.45, 7) is 11.1. The molecule has 0 aliphatic rings. The van der Waals surface area contributed by atoms with Crippen LogP contribution >= 0.6 is 0 Å². The number of ether oxygens (including phenoxy) is 3. The molecule has 0 bridgehead atoms. The van der Waals surface area contributed by atoms with E-state index in [1.54, 1.807) is 27.7 Å². The van der Waals surface area contributed by atoms with Crippen LogP contribution in [-0.2, 0) is 33.4 Å². The van der Waals surface area contributed by atoms with Gasteiger partial charge in [0, 0.05) is 11.8 Å². The van der Waals surface area contributed by atoms with Gasteiger partial charge in [0.05, 0.1) is 25.0 Å². The maximum atomic E-state index is 11.9. The van der Waals surface area contributed by atoms with E-state index in [0.29, 0.717) is 25.7 Å². The molecule has 0 spiro atoms. The largest absolute Gasteiger partial charge is 0.463 e. The second-order valence-electron chi connectivity index (χ2n) is 7.93. The Morgan fingerprint density at radius 2 is 0.862 bits per heavy atom. The van der Waals surface area contributed by atoms with Gasteiger partial charge in [-0.1, -0.05) is 27.7 Å². The van der Waals surface area contributed by atoms with Crippen molar-refractivity contribution < 1.29 is 33.4 Å². The molecule has 0 aromatic heterocycles. The first-order valence-corrected chi connectivity index (χ1v) is 10.5. The van der Waals surface area contributed by atoms with Crippen molar-refractivity contribution in [3.8, 4) is 0 Å². The Kier molecular flexibility index (Phi) is 14.2. The zero-order valence-corrected chi connectivity index (χ0v) is 18.8. The van der Waals surface area contributed by atoms with Crippen LogP contribution in [-0.4, -0.2) is 49.9 Å². The first-order valence-electron chi connectivity index (χ1n) is 10.5. The summed E-state index contributed by atoms with van der Waals surface area (Å²) in [7, 11) is 0. The number of hydrogen-bond donors (Lipinski definition) is 0. The minimum absolute atomic E-state index is 0.0449. The van der Waals surface area contributed by atoms with E-state index in [1.807, 2.05) is 13.8 Å². The number of Topliss-reactive ketones (excluding diaryl/α,β-unsaturated/α-hetero) is 2. The minimum atomic E-state index is -0.301. The van der Waals surface area contributed by atoms with Crippen LogP contribution < -0.4 is 0 Å². The van der Waals surface area contributed by atoms with E-state index in [0.717, 1.165) is 0 Å². The van der Waals surface area contributed by atoms with Crippen LogP contribution in [0.3, 0.4) is 0 Å². The Balaban J connectivity index is 3.76. The number of esters is 2. The van der Waals surface area contributed by atoms with E-state index in [-0.39, 0.29) is 73.6 Å². The highest BCUT2D eigenvalue weighted by molar-refractivity contribution is 5.78. The molecule has 0 rings (SSSR count). The summed E-state index contributed by atoms with van der Waals surface area (Å²) in [6, 6.07) is 0. The first kappa shape index (κ1) is 27.2. The summed E-state index contributed by atoms with van der Waals surface area (Å²) in [5, 5.41) is 0. The number of rotatable bonds is 16. The van der Waals surface area contributed by atoms with Crippen molar-refractivity contribution in [1.29, 1.82) is 0 Å². The van der Waals surface area contributed by atoms with Gasteiger partial charge in [0.15, 0.2) is 0 Å². The van der Waals surface area contributed by atoms with Gasteiger partial charge in [0.1, 0.15) is 24.8 Å². The molecule has 0 N–H and O–H groups in total. The quantitative estimate of drug-likeness (QED) is 0.282. The van der Waals surface area contributed by atoms with Gasteiger partial charge in [-0.05, 0) is 39.5 Å². The van der Waals surface area contributed by atoms with Crippen LogP contribution in [0.25, 0.3) is 0 Å². The maximum Gasteiger partial charge on any atom is 0.308 e. The molecule has 29 heavy (non-hydrogen) atoms. The Morgan fingerprint density at radius 3 is 1.17 bits per heavy atom. The zero-order valence-electron chi connectivity index (χ0n) is 18.8.